The van der Waals surface area contributed by atoms with Crippen molar-refractivity contribution in [3.05, 3.63) is 64.2 Å². The molecule has 0 radical (unpaired) electrons. The highest BCUT2D eigenvalue weighted by Gasteiger charge is 2.33. The van der Waals surface area contributed by atoms with Gasteiger partial charge in [0.15, 0.2) is 5.13 Å². The first kappa shape index (κ1) is 24.5. The number of nitrogens with zero attached hydrogens (tertiary/aromatic N) is 2. The molecule has 0 bridgehead atoms. The van der Waals surface area contributed by atoms with Crippen LogP contribution in [0.4, 0.5) is 18.3 Å². The van der Waals surface area contributed by atoms with Crippen LogP contribution in [0.2, 0.25) is 0 Å². The number of rotatable bonds is 8. The normalized spacial score (nSPS) is 13.3. The van der Waals surface area contributed by atoms with Gasteiger partial charge in [0, 0.05) is 17.5 Å². The summed E-state index contributed by atoms with van der Waals surface area (Å²) in [6.07, 6.45) is -2.77. The third kappa shape index (κ3) is 5.39. The Morgan fingerprint density at radius 2 is 2.06 bits per heavy atom. The number of fused-ring (bicyclic) bond motifs is 1. The Morgan fingerprint density at radius 3 is 2.77 bits per heavy atom. The second-order valence-corrected chi connectivity index (χ2v) is 8.57. The van der Waals surface area contributed by atoms with E-state index in [9.17, 15) is 23.4 Å². The molecule has 0 aliphatic heterocycles. The molecule has 0 saturated heterocycles. The van der Waals surface area contributed by atoms with Crippen LogP contribution in [0.1, 0.15) is 21.6 Å². The number of aromatic nitrogens is 3. The number of aromatic hydroxyl groups is 1. The summed E-state index contributed by atoms with van der Waals surface area (Å²) < 4.78 is 46.6. The molecule has 8 nitrogen and oxygen atoms in total. The van der Waals surface area contributed by atoms with Gasteiger partial charge >= 0.3 is 6.18 Å². The van der Waals surface area contributed by atoms with Gasteiger partial charge in [0.05, 0.1) is 37.1 Å². The number of methoxy groups -OCH3 is 1. The summed E-state index contributed by atoms with van der Waals surface area (Å²) in [5, 5.41) is 39.7. The Bertz CT molecular complexity index is 1370. The van der Waals surface area contributed by atoms with Crippen LogP contribution in [-0.2, 0) is 6.18 Å². The zero-order chi connectivity index (χ0) is 25.2. The molecule has 4 aromatic rings. The second kappa shape index (κ2) is 9.94. The highest BCUT2D eigenvalue weighted by atomic mass is 32.1. The smallest absolute Gasteiger partial charge is 0.417 e. The number of alkyl halides is 3. The molecule has 184 valence electrons. The monoisotopic (exact) mass is 506 g/mol. The number of benzene rings is 2. The number of anilines is 1. The van der Waals surface area contributed by atoms with Gasteiger partial charge in [-0.2, -0.15) is 23.3 Å². The van der Waals surface area contributed by atoms with Crippen LogP contribution in [-0.4, -0.2) is 56.9 Å². The van der Waals surface area contributed by atoms with Crippen molar-refractivity contribution in [2.24, 2.45) is 0 Å². The molecule has 0 fully saturated rings. The van der Waals surface area contributed by atoms with Crippen LogP contribution in [0.3, 0.4) is 0 Å². The summed E-state index contributed by atoms with van der Waals surface area (Å²) in [6.45, 7) is -0.496. The summed E-state index contributed by atoms with van der Waals surface area (Å²) in [4.78, 5) is 4.24. The van der Waals surface area contributed by atoms with Crippen LogP contribution in [0, 0.1) is 0 Å². The first-order valence-electron chi connectivity index (χ1n) is 10.3. The van der Waals surface area contributed by atoms with E-state index in [4.69, 9.17) is 9.84 Å². The number of aliphatic hydroxyl groups excluding tert-OH is 2. The molecular weight excluding hydrogens is 485 g/mol. The lowest BCUT2D eigenvalue weighted by atomic mass is 9.97. The summed E-state index contributed by atoms with van der Waals surface area (Å²) >= 11 is 1.000. The molecule has 2 heterocycles. The molecule has 1 atom stereocenters. The van der Waals surface area contributed by atoms with Crippen molar-refractivity contribution in [2.75, 3.05) is 25.6 Å². The van der Waals surface area contributed by atoms with E-state index in [1.165, 1.54) is 25.3 Å². The highest BCUT2D eigenvalue weighted by Crippen LogP contribution is 2.41. The quantitative estimate of drug-likeness (QED) is 0.228. The molecule has 12 heteroatoms. The number of hydrogen-bond donors (Lipinski definition) is 5. The van der Waals surface area contributed by atoms with Gasteiger partial charge in [0.2, 0.25) is 5.88 Å². The molecule has 35 heavy (non-hydrogen) atoms. The number of aliphatic hydroxyl groups is 2. The topological polar surface area (TPSA) is 124 Å². The highest BCUT2D eigenvalue weighted by molar-refractivity contribution is 7.17. The number of thiazole rings is 1. The Labute approximate surface area is 201 Å². The van der Waals surface area contributed by atoms with Crippen molar-refractivity contribution < 1.29 is 33.2 Å². The predicted molar refractivity (Wildman–Crippen MR) is 126 cm³/mol. The Morgan fingerprint density at radius 1 is 1.26 bits per heavy atom. The van der Waals surface area contributed by atoms with Crippen molar-refractivity contribution in [2.45, 2.75) is 12.3 Å². The number of nitrogens with one attached hydrogen (secondary N) is 2. The van der Waals surface area contributed by atoms with Crippen LogP contribution >= 0.6 is 11.3 Å². The third-order valence-corrected chi connectivity index (χ3v) is 6.21. The molecule has 0 unspecified atom stereocenters. The molecule has 4 rings (SSSR count). The number of hydrogen-bond acceptors (Lipinski definition) is 8. The fourth-order valence-electron chi connectivity index (χ4n) is 3.41. The largest absolute Gasteiger partial charge is 0.497 e. The molecule has 0 saturated carbocycles. The molecule has 2 aromatic heterocycles. The zero-order valence-corrected chi connectivity index (χ0v) is 19.1. The Kier molecular flexibility index (Phi) is 6.96. The zero-order valence-electron chi connectivity index (χ0n) is 18.3. The van der Waals surface area contributed by atoms with E-state index < -0.39 is 30.3 Å². The Hall–Kier alpha value is -3.61. The molecule has 0 amide bonds. The number of aromatic amines is 1. The minimum Gasteiger partial charge on any atom is -0.497 e. The summed E-state index contributed by atoms with van der Waals surface area (Å²) in [6, 6.07) is 8.81. The van der Waals surface area contributed by atoms with E-state index in [2.05, 4.69) is 20.5 Å². The molecule has 0 spiro atoms. The van der Waals surface area contributed by atoms with E-state index in [0.717, 1.165) is 28.3 Å². The molecule has 2 aromatic carbocycles. The fraction of sp³-hybridized carbons (Fsp3) is 0.217. The minimum atomic E-state index is -4.65. The predicted octanol–water partition coefficient (Wildman–Crippen LogP) is 4.11. The number of H-pyrrole nitrogens is 1. The van der Waals surface area contributed by atoms with Gasteiger partial charge in [-0.25, -0.2) is 0 Å². The summed E-state index contributed by atoms with van der Waals surface area (Å²) in [5.74, 6) is -0.331. The van der Waals surface area contributed by atoms with Crippen molar-refractivity contribution in [1.29, 1.82) is 0 Å². The molecule has 0 aliphatic rings. The maximum Gasteiger partial charge on any atom is 0.417 e. The second-order valence-electron chi connectivity index (χ2n) is 7.57. The van der Waals surface area contributed by atoms with Gasteiger partial charge in [0.25, 0.3) is 0 Å². The van der Waals surface area contributed by atoms with E-state index in [-0.39, 0.29) is 27.9 Å². The van der Waals surface area contributed by atoms with Gasteiger partial charge in [-0.3, -0.25) is 5.10 Å². The van der Waals surface area contributed by atoms with E-state index in [0.29, 0.717) is 11.1 Å². The van der Waals surface area contributed by atoms with Crippen molar-refractivity contribution >= 4 is 39.0 Å². The minimum absolute atomic E-state index is 0.0282. The lowest BCUT2D eigenvalue weighted by Crippen LogP contribution is -2.22. The average molecular weight is 507 g/mol. The standard InChI is InChI=1S/C23H21F3N4O4S/c1-34-16-4-2-13(18(8-16)23(24,25)26)7-17(12-3-5-19-14(6-12)9-28-30-19)20-21(33)29-22(35-20)27-10-15(32)11-31/h2-9,15,31-33H,10-11H2,1H3,(H,27,29)(H,28,30)/t15-/m1/s1. The van der Waals surface area contributed by atoms with Crippen molar-refractivity contribution in [1.82, 2.24) is 15.2 Å². The Balaban J connectivity index is 1.87. The first-order valence-corrected chi connectivity index (χ1v) is 11.1. The van der Waals surface area contributed by atoms with Crippen LogP contribution < -0.4 is 10.1 Å². The van der Waals surface area contributed by atoms with Crippen molar-refractivity contribution in [3.8, 4) is 11.6 Å². The molecule has 0 aliphatic carbocycles. The first-order chi connectivity index (χ1) is 16.7. The SMILES string of the molecule is COc1ccc(C=C(c2ccc3[nH]ncc3c2)c2sc(NC[C@@H](O)CO)nc2O)c(C(F)(F)F)c1. The van der Waals surface area contributed by atoms with Crippen molar-refractivity contribution in [3.63, 3.8) is 0 Å². The number of halogens is 3. The summed E-state index contributed by atoms with van der Waals surface area (Å²) in [5.41, 5.74) is 0.548. The fourth-order valence-corrected chi connectivity index (χ4v) is 4.32. The van der Waals surface area contributed by atoms with Crippen LogP contribution in [0.25, 0.3) is 22.6 Å². The lowest BCUT2D eigenvalue weighted by Gasteiger charge is -2.14. The molecular formula is C23H21F3N4O4S. The third-order valence-electron chi connectivity index (χ3n) is 5.17. The van der Waals surface area contributed by atoms with Gasteiger partial charge in [-0.15, -0.1) is 0 Å². The van der Waals surface area contributed by atoms with Gasteiger partial charge in [-0.1, -0.05) is 23.5 Å². The van der Waals surface area contributed by atoms with E-state index in [1.54, 1.807) is 24.4 Å². The van der Waals surface area contributed by atoms with Gasteiger partial charge in [0.1, 0.15) is 10.6 Å². The maximum absolute atomic E-state index is 13.9. The number of ether oxygens (including phenoxy) is 1. The van der Waals surface area contributed by atoms with E-state index in [1.807, 2.05) is 0 Å². The van der Waals surface area contributed by atoms with E-state index >= 15 is 0 Å². The lowest BCUT2D eigenvalue weighted by molar-refractivity contribution is -0.137. The summed E-state index contributed by atoms with van der Waals surface area (Å²) in [7, 11) is 1.29. The van der Waals surface area contributed by atoms with Gasteiger partial charge in [-0.05, 0) is 41.5 Å². The average Bonchev–Trinajstić information content (AvgIpc) is 3.46. The molecule has 5 N–H and O–H groups in total. The van der Waals surface area contributed by atoms with Gasteiger partial charge < -0.3 is 25.4 Å². The van der Waals surface area contributed by atoms with Crippen LogP contribution in [0.5, 0.6) is 11.6 Å². The maximum atomic E-state index is 13.9. The van der Waals surface area contributed by atoms with Crippen LogP contribution in [0.15, 0.2) is 42.6 Å².